The Morgan fingerprint density at radius 3 is 2.68 bits per heavy atom. The Morgan fingerprint density at radius 2 is 2.03 bits per heavy atom. The van der Waals surface area contributed by atoms with E-state index in [1.165, 1.54) is 4.90 Å². The highest BCUT2D eigenvalue weighted by Gasteiger charge is 2.25. The number of amides is 2. The topological polar surface area (TPSA) is 100 Å². The first-order chi connectivity index (χ1) is 14.8. The maximum atomic E-state index is 13.2. The molecule has 0 radical (unpaired) electrons. The second kappa shape index (κ2) is 9.99. The molecule has 0 aliphatic heterocycles. The van der Waals surface area contributed by atoms with E-state index in [1.807, 2.05) is 19.1 Å². The van der Waals surface area contributed by atoms with Crippen molar-refractivity contribution in [1.29, 1.82) is 0 Å². The van der Waals surface area contributed by atoms with Crippen molar-refractivity contribution in [3.05, 3.63) is 83.4 Å². The van der Waals surface area contributed by atoms with Gasteiger partial charge >= 0.3 is 0 Å². The number of nitrogens with one attached hydrogen (secondary N) is 1. The summed E-state index contributed by atoms with van der Waals surface area (Å²) in [5.74, 6) is -0.619. The molecule has 3 rings (SSSR count). The van der Waals surface area contributed by atoms with Gasteiger partial charge in [0.25, 0.3) is 5.91 Å². The summed E-state index contributed by atoms with van der Waals surface area (Å²) in [4.78, 5) is 31.4. The van der Waals surface area contributed by atoms with E-state index in [4.69, 9.17) is 0 Å². The Labute approximate surface area is 181 Å². The maximum absolute atomic E-state index is 13.2. The number of rotatable bonds is 8. The second-order valence-corrected chi connectivity index (χ2v) is 7.61. The molecule has 8 nitrogen and oxygen atoms in total. The first-order valence-electron chi connectivity index (χ1n) is 10.1. The summed E-state index contributed by atoms with van der Waals surface area (Å²) < 4.78 is 1.59. The lowest BCUT2D eigenvalue weighted by molar-refractivity contribution is -0.135. The summed E-state index contributed by atoms with van der Waals surface area (Å²) in [6, 6.07) is 10.1. The van der Waals surface area contributed by atoms with Gasteiger partial charge in [-0.25, -0.2) is 0 Å². The van der Waals surface area contributed by atoms with Gasteiger partial charge in [-0.05, 0) is 37.6 Å². The Bertz CT molecular complexity index is 1030. The normalized spacial score (nSPS) is 12.8. The number of aromatic nitrogens is 3. The van der Waals surface area contributed by atoms with Gasteiger partial charge in [-0.3, -0.25) is 19.3 Å². The van der Waals surface area contributed by atoms with E-state index in [2.05, 4.69) is 15.4 Å². The summed E-state index contributed by atoms with van der Waals surface area (Å²) in [7, 11) is 1.76. The van der Waals surface area contributed by atoms with Gasteiger partial charge in [0.2, 0.25) is 5.91 Å². The predicted octanol–water partition coefficient (Wildman–Crippen LogP) is 2.00. The molecule has 3 aromatic rings. The van der Waals surface area contributed by atoms with Crippen LogP contribution in [0.4, 0.5) is 0 Å². The van der Waals surface area contributed by atoms with Crippen LogP contribution in [0.5, 0.6) is 0 Å². The molecule has 2 unspecified atom stereocenters. The molecule has 0 spiro atoms. The fraction of sp³-hybridized carbons (Fsp3) is 0.304. The Balaban J connectivity index is 1.74. The molecule has 31 heavy (non-hydrogen) atoms. The van der Waals surface area contributed by atoms with E-state index in [1.54, 1.807) is 67.7 Å². The van der Waals surface area contributed by atoms with Gasteiger partial charge in [-0.2, -0.15) is 5.10 Å². The van der Waals surface area contributed by atoms with Crippen LogP contribution in [0.2, 0.25) is 0 Å². The molecule has 2 amide bonds. The molecule has 1 aromatic carbocycles. The lowest BCUT2D eigenvalue weighted by Gasteiger charge is -2.28. The van der Waals surface area contributed by atoms with E-state index >= 15 is 0 Å². The third-order valence-corrected chi connectivity index (χ3v) is 4.91. The summed E-state index contributed by atoms with van der Waals surface area (Å²) in [5, 5.41) is 17.5. The number of hydrogen-bond acceptors (Lipinski definition) is 5. The Kier molecular flexibility index (Phi) is 7.15. The first-order valence-corrected chi connectivity index (χ1v) is 10.1. The molecule has 8 heteroatoms. The number of aliphatic hydroxyl groups excluding tert-OH is 1. The zero-order chi connectivity index (χ0) is 22.4. The van der Waals surface area contributed by atoms with Crippen molar-refractivity contribution >= 4 is 11.8 Å². The highest BCUT2D eigenvalue weighted by molar-refractivity contribution is 5.97. The number of hydrogen-bond donors (Lipinski definition) is 2. The summed E-state index contributed by atoms with van der Waals surface area (Å²) in [6.07, 6.45) is 5.70. The third-order valence-electron chi connectivity index (χ3n) is 4.91. The molecule has 0 saturated heterocycles. The van der Waals surface area contributed by atoms with E-state index in [9.17, 15) is 14.7 Å². The molecule has 0 aliphatic carbocycles. The quantitative estimate of drug-likeness (QED) is 0.580. The summed E-state index contributed by atoms with van der Waals surface area (Å²) >= 11 is 0. The van der Waals surface area contributed by atoms with Gasteiger partial charge in [0.15, 0.2) is 0 Å². The first kappa shape index (κ1) is 22.2. The standard InChI is InChI=1S/C23H27N5O3/c1-16-6-4-8-19(10-16)22(30)26-17(2)23(31)28(13-18-7-5-9-24-11-18)15-21(29)20-12-25-27(3)14-20/h4-12,14,17,21,29H,13,15H2,1-3H3,(H,26,30). The zero-order valence-electron chi connectivity index (χ0n) is 17.9. The molecule has 2 heterocycles. The van der Waals surface area contributed by atoms with Crippen LogP contribution in [-0.2, 0) is 18.4 Å². The average molecular weight is 422 g/mol. The number of aliphatic hydroxyl groups is 1. The number of nitrogens with zero attached hydrogens (tertiary/aromatic N) is 4. The van der Waals surface area contributed by atoms with Gasteiger partial charge < -0.3 is 15.3 Å². The van der Waals surface area contributed by atoms with Gasteiger partial charge in [0.1, 0.15) is 6.04 Å². The van der Waals surface area contributed by atoms with Crippen molar-refractivity contribution < 1.29 is 14.7 Å². The molecule has 0 aliphatic rings. The Morgan fingerprint density at radius 1 is 1.23 bits per heavy atom. The van der Waals surface area contributed by atoms with Gasteiger partial charge in [0.05, 0.1) is 18.8 Å². The molecular formula is C23H27N5O3. The number of carbonyl (C=O) groups excluding carboxylic acids is 2. The predicted molar refractivity (Wildman–Crippen MR) is 116 cm³/mol. The fourth-order valence-electron chi connectivity index (χ4n) is 3.27. The largest absolute Gasteiger partial charge is 0.386 e. The minimum Gasteiger partial charge on any atom is -0.386 e. The van der Waals surface area contributed by atoms with Crippen LogP contribution in [0.25, 0.3) is 0 Å². The lowest BCUT2D eigenvalue weighted by Crippen LogP contribution is -2.47. The highest BCUT2D eigenvalue weighted by Crippen LogP contribution is 2.16. The lowest BCUT2D eigenvalue weighted by atomic mass is 10.1. The molecule has 0 bridgehead atoms. The van der Waals surface area contributed by atoms with Crippen LogP contribution < -0.4 is 5.32 Å². The van der Waals surface area contributed by atoms with Crippen molar-refractivity contribution in [2.75, 3.05) is 6.54 Å². The van der Waals surface area contributed by atoms with E-state index in [-0.39, 0.29) is 24.9 Å². The number of carbonyl (C=O) groups is 2. The van der Waals surface area contributed by atoms with Crippen LogP contribution in [0.15, 0.2) is 61.2 Å². The smallest absolute Gasteiger partial charge is 0.251 e. The van der Waals surface area contributed by atoms with Crippen molar-refractivity contribution in [2.24, 2.45) is 7.05 Å². The molecule has 2 N–H and O–H groups in total. The minimum absolute atomic E-state index is 0.0596. The van der Waals surface area contributed by atoms with E-state index < -0.39 is 12.1 Å². The summed E-state index contributed by atoms with van der Waals surface area (Å²) in [6.45, 7) is 3.86. The number of aryl methyl sites for hydroxylation is 2. The summed E-state index contributed by atoms with van der Waals surface area (Å²) in [5.41, 5.74) is 2.90. The highest BCUT2D eigenvalue weighted by atomic mass is 16.3. The third kappa shape index (κ3) is 5.99. The zero-order valence-corrected chi connectivity index (χ0v) is 17.9. The molecule has 2 aromatic heterocycles. The van der Waals surface area contributed by atoms with Crippen molar-refractivity contribution in [1.82, 2.24) is 25.0 Å². The Hall–Kier alpha value is -3.52. The monoisotopic (exact) mass is 421 g/mol. The average Bonchev–Trinajstić information content (AvgIpc) is 3.20. The number of benzene rings is 1. The SMILES string of the molecule is Cc1cccc(C(=O)NC(C)C(=O)N(Cc2cccnc2)CC(O)c2cnn(C)c2)c1. The van der Waals surface area contributed by atoms with Gasteiger partial charge in [-0.15, -0.1) is 0 Å². The molecule has 0 fully saturated rings. The van der Waals surface area contributed by atoms with Crippen LogP contribution in [0.1, 0.15) is 40.1 Å². The molecule has 2 atom stereocenters. The number of pyridine rings is 1. The molecule has 0 saturated carbocycles. The van der Waals surface area contributed by atoms with Crippen LogP contribution >= 0.6 is 0 Å². The minimum atomic E-state index is -0.908. The van der Waals surface area contributed by atoms with Crippen molar-refractivity contribution in [3.8, 4) is 0 Å². The van der Waals surface area contributed by atoms with Crippen LogP contribution in [0, 0.1) is 6.92 Å². The van der Waals surface area contributed by atoms with Crippen molar-refractivity contribution in [3.63, 3.8) is 0 Å². The van der Waals surface area contributed by atoms with E-state index in [0.29, 0.717) is 11.1 Å². The molecular weight excluding hydrogens is 394 g/mol. The van der Waals surface area contributed by atoms with Crippen LogP contribution in [0.3, 0.4) is 0 Å². The van der Waals surface area contributed by atoms with E-state index in [0.717, 1.165) is 11.1 Å². The van der Waals surface area contributed by atoms with Gasteiger partial charge in [-0.1, -0.05) is 23.8 Å². The molecule has 162 valence electrons. The van der Waals surface area contributed by atoms with Crippen molar-refractivity contribution in [2.45, 2.75) is 32.5 Å². The fourth-order valence-corrected chi connectivity index (χ4v) is 3.27. The maximum Gasteiger partial charge on any atom is 0.251 e. The second-order valence-electron chi connectivity index (χ2n) is 7.61. The van der Waals surface area contributed by atoms with Crippen LogP contribution in [-0.4, -0.2) is 49.2 Å². The van der Waals surface area contributed by atoms with Gasteiger partial charge in [0, 0.05) is 43.3 Å².